The molecule has 1 aliphatic carbocycles. The van der Waals surface area contributed by atoms with E-state index in [1.54, 1.807) is 0 Å². The Morgan fingerprint density at radius 1 is 1.26 bits per heavy atom. The van der Waals surface area contributed by atoms with Gasteiger partial charge in [0.2, 0.25) is 0 Å². The van der Waals surface area contributed by atoms with Crippen molar-refractivity contribution in [2.45, 2.75) is 52.1 Å². The molecule has 2 N–H and O–H groups in total. The molecule has 0 amide bonds. The molecule has 0 heterocycles. The van der Waals surface area contributed by atoms with Crippen LogP contribution in [0.15, 0.2) is 24.3 Å². The van der Waals surface area contributed by atoms with E-state index < -0.39 is 0 Å². The second-order valence-electron chi connectivity index (χ2n) is 5.62. The first-order valence-electron chi connectivity index (χ1n) is 7.25. The first-order chi connectivity index (χ1) is 9.16. The predicted molar refractivity (Wildman–Crippen MR) is 85.2 cm³/mol. The molecule has 0 bridgehead atoms. The number of hydrogen-bond acceptors (Lipinski definition) is 1. The van der Waals surface area contributed by atoms with Crippen molar-refractivity contribution >= 4 is 17.3 Å². The number of hydrogen-bond donors (Lipinski definition) is 2. The fourth-order valence-electron chi connectivity index (χ4n) is 2.73. The van der Waals surface area contributed by atoms with Crippen LogP contribution in [0.5, 0.6) is 0 Å². The zero-order valence-corrected chi connectivity index (χ0v) is 12.7. The lowest BCUT2D eigenvalue weighted by Crippen LogP contribution is -2.45. The van der Waals surface area contributed by atoms with E-state index in [0.29, 0.717) is 6.04 Å². The summed E-state index contributed by atoms with van der Waals surface area (Å²) in [5.74, 6) is 0.729. The molecule has 1 aliphatic rings. The third-order valence-electron chi connectivity index (χ3n) is 4.13. The molecule has 0 spiro atoms. The van der Waals surface area contributed by atoms with Crippen LogP contribution in [0.2, 0.25) is 0 Å². The summed E-state index contributed by atoms with van der Waals surface area (Å²) in [7, 11) is 0. The van der Waals surface area contributed by atoms with E-state index in [2.05, 4.69) is 48.7 Å². The first-order valence-corrected chi connectivity index (χ1v) is 7.66. The molecule has 2 atom stereocenters. The number of thiocarbonyl (C=S) groups is 1. The highest BCUT2D eigenvalue weighted by Gasteiger charge is 2.21. The summed E-state index contributed by atoms with van der Waals surface area (Å²) < 4.78 is 0. The molecule has 1 saturated carbocycles. The second kappa shape index (κ2) is 6.90. The van der Waals surface area contributed by atoms with Crippen molar-refractivity contribution in [1.29, 1.82) is 0 Å². The molecular weight excluding hydrogens is 252 g/mol. The van der Waals surface area contributed by atoms with Crippen molar-refractivity contribution in [3.63, 3.8) is 0 Å². The van der Waals surface area contributed by atoms with Gasteiger partial charge in [-0.3, -0.25) is 0 Å². The van der Waals surface area contributed by atoms with Gasteiger partial charge in [0.25, 0.3) is 0 Å². The van der Waals surface area contributed by atoms with Crippen molar-refractivity contribution in [3.05, 3.63) is 35.4 Å². The van der Waals surface area contributed by atoms with Crippen LogP contribution < -0.4 is 10.6 Å². The lowest BCUT2D eigenvalue weighted by Gasteiger charge is -2.30. The monoisotopic (exact) mass is 276 g/mol. The average Bonchev–Trinajstić information content (AvgIpc) is 2.40. The molecule has 3 heteroatoms. The minimum Gasteiger partial charge on any atom is -0.360 e. The van der Waals surface area contributed by atoms with E-state index in [1.165, 1.54) is 36.8 Å². The fraction of sp³-hybridized carbons (Fsp3) is 0.562. The van der Waals surface area contributed by atoms with E-state index in [9.17, 15) is 0 Å². The zero-order valence-electron chi connectivity index (χ0n) is 11.9. The van der Waals surface area contributed by atoms with Gasteiger partial charge in [0.15, 0.2) is 5.11 Å². The minimum absolute atomic E-state index is 0.547. The fourth-order valence-corrected chi connectivity index (χ4v) is 2.96. The zero-order chi connectivity index (χ0) is 13.7. The van der Waals surface area contributed by atoms with Crippen LogP contribution in [0, 0.1) is 12.8 Å². The molecule has 1 aromatic rings. The maximum Gasteiger partial charge on any atom is 0.166 e. The normalized spacial score (nSPS) is 22.8. The number of rotatable bonds is 3. The van der Waals surface area contributed by atoms with Gasteiger partial charge in [-0.05, 0) is 49.0 Å². The summed E-state index contributed by atoms with van der Waals surface area (Å²) in [5, 5.41) is 7.60. The number of aryl methyl sites for hydroxylation is 1. The molecule has 0 saturated heterocycles. The Morgan fingerprint density at radius 2 is 2.00 bits per heavy atom. The summed E-state index contributed by atoms with van der Waals surface area (Å²) in [4.78, 5) is 0. The number of nitrogens with one attached hydrogen (secondary N) is 2. The van der Waals surface area contributed by atoms with Gasteiger partial charge in [0.05, 0.1) is 0 Å². The van der Waals surface area contributed by atoms with Gasteiger partial charge in [0.1, 0.15) is 0 Å². The first kappa shape index (κ1) is 14.3. The van der Waals surface area contributed by atoms with Crippen molar-refractivity contribution in [3.8, 4) is 0 Å². The maximum atomic E-state index is 5.41. The van der Waals surface area contributed by atoms with Gasteiger partial charge in [-0.25, -0.2) is 0 Å². The molecule has 104 valence electrons. The van der Waals surface area contributed by atoms with E-state index in [1.807, 2.05) is 0 Å². The highest BCUT2D eigenvalue weighted by Crippen LogP contribution is 2.23. The Kier molecular flexibility index (Phi) is 5.20. The molecule has 0 radical (unpaired) electrons. The average molecular weight is 276 g/mol. The standard InChI is InChI=1S/C16H24N2S/c1-12-7-3-5-9-14(12)11-17-16(19)18-15-10-6-4-8-13(15)2/h3,5,7,9,13,15H,4,6,8,10-11H2,1-2H3,(H2,17,18,19)/t13-,15-/m0/s1. The van der Waals surface area contributed by atoms with Crippen LogP contribution in [-0.2, 0) is 6.54 Å². The maximum absolute atomic E-state index is 5.41. The van der Waals surface area contributed by atoms with Crippen LogP contribution >= 0.6 is 12.2 Å². The van der Waals surface area contributed by atoms with Gasteiger partial charge < -0.3 is 10.6 Å². The minimum atomic E-state index is 0.547. The lowest BCUT2D eigenvalue weighted by atomic mass is 9.86. The molecule has 0 aliphatic heterocycles. The molecule has 1 aromatic carbocycles. The Bertz CT molecular complexity index is 431. The van der Waals surface area contributed by atoms with Gasteiger partial charge in [-0.2, -0.15) is 0 Å². The van der Waals surface area contributed by atoms with Crippen molar-refractivity contribution in [2.24, 2.45) is 5.92 Å². The van der Waals surface area contributed by atoms with E-state index in [-0.39, 0.29) is 0 Å². The Labute approximate surface area is 122 Å². The molecule has 2 rings (SSSR count). The van der Waals surface area contributed by atoms with Crippen LogP contribution in [0.25, 0.3) is 0 Å². The van der Waals surface area contributed by atoms with E-state index in [0.717, 1.165) is 17.6 Å². The number of benzene rings is 1. The van der Waals surface area contributed by atoms with Crippen LogP contribution in [0.4, 0.5) is 0 Å². The predicted octanol–water partition coefficient (Wildman–Crippen LogP) is 3.54. The lowest BCUT2D eigenvalue weighted by molar-refractivity contribution is 0.308. The molecule has 2 nitrogen and oxygen atoms in total. The summed E-state index contributed by atoms with van der Waals surface area (Å²) in [6, 6.07) is 8.97. The summed E-state index contributed by atoms with van der Waals surface area (Å²) >= 11 is 5.41. The topological polar surface area (TPSA) is 24.1 Å². The van der Waals surface area contributed by atoms with Gasteiger partial charge in [0, 0.05) is 12.6 Å². The van der Waals surface area contributed by atoms with Crippen LogP contribution in [0.3, 0.4) is 0 Å². The van der Waals surface area contributed by atoms with Crippen molar-refractivity contribution in [1.82, 2.24) is 10.6 Å². The molecule has 0 aromatic heterocycles. The van der Waals surface area contributed by atoms with Gasteiger partial charge in [-0.1, -0.05) is 44.0 Å². The SMILES string of the molecule is Cc1ccccc1CNC(=S)N[C@H]1CCCC[C@@H]1C. The summed E-state index contributed by atoms with van der Waals surface area (Å²) in [5.41, 5.74) is 2.62. The van der Waals surface area contributed by atoms with Crippen LogP contribution in [-0.4, -0.2) is 11.2 Å². The van der Waals surface area contributed by atoms with Crippen LogP contribution in [0.1, 0.15) is 43.7 Å². The van der Waals surface area contributed by atoms with E-state index in [4.69, 9.17) is 12.2 Å². The Hall–Kier alpha value is -1.09. The Morgan fingerprint density at radius 3 is 2.74 bits per heavy atom. The van der Waals surface area contributed by atoms with E-state index >= 15 is 0 Å². The highest BCUT2D eigenvalue weighted by atomic mass is 32.1. The Balaban J connectivity index is 1.80. The molecular formula is C16H24N2S. The smallest absolute Gasteiger partial charge is 0.166 e. The largest absolute Gasteiger partial charge is 0.360 e. The second-order valence-corrected chi connectivity index (χ2v) is 6.03. The molecule has 1 fully saturated rings. The third-order valence-corrected chi connectivity index (χ3v) is 4.39. The summed E-state index contributed by atoms with van der Waals surface area (Å²) in [6.45, 7) is 5.26. The summed E-state index contributed by atoms with van der Waals surface area (Å²) in [6.07, 6.45) is 5.25. The third kappa shape index (κ3) is 4.20. The molecule has 0 unspecified atom stereocenters. The molecule has 19 heavy (non-hydrogen) atoms. The highest BCUT2D eigenvalue weighted by molar-refractivity contribution is 7.80. The van der Waals surface area contributed by atoms with Crippen molar-refractivity contribution < 1.29 is 0 Å². The van der Waals surface area contributed by atoms with Gasteiger partial charge >= 0.3 is 0 Å². The van der Waals surface area contributed by atoms with Crippen molar-refractivity contribution in [2.75, 3.05) is 0 Å². The van der Waals surface area contributed by atoms with Gasteiger partial charge in [-0.15, -0.1) is 0 Å². The quantitative estimate of drug-likeness (QED) is 0.826.